The van der Waals surface area contributed by atoms with Gasteiger partial charge in [0.05, 0.1) is 0 Å². The molecule has 0 atom stereocenters. The first kappa shape index (κ1) is 15.9. The number of hydrogen-bond acceptors (Lipinski definition) is 4. The minimum atomic E-state index is -0.331. The molecule has 1 aromatic heterocycles. The van der Waals surface area contributed by atoms with E-state index in [9.17, 15) is 8.78 Å². The van der Waals surface area contributed by atoms with Gasteiger partial charge in [0.15, 0.2) is 0 Å². The monoisotopic (exact) mass is 326 g/mol. The van der Waals surface area contributed by atoms with Gasteiger partial charge in [-0.05, 0) is 42.8 Å². The van der Waals surface area contributed by atoms with E-state index in [1.165, 1.54) is 24.3 Å². The molecule has 0 radical (unpaired) electrons. The lowest BCUT2D eigenvalue weighted by Gasteiger charge is -2.10. The molecule has 3 rings (SSSR count). The van der Waals surface area contributed by atoms with Crippen molar-refractivity contribution in [1.82, 2.24) is 9.97 Å². The zero-order valence-corrected chi connectivity index (χ0v) is 13.1. The lowest BCUT2D eigenvalue weighted by Crippen LogP contribution is -2.05. The molecule has 24 heavy (non-hydrogen) atoms. The smallest absolute Gasteiger partial charge is 0.229 e. The van der Waals surface area contributed by atoms with E-state index in [0.29, 0.717) is 24.0 Å². The first-order valence-electron chi connectivity index (χ1n) is 7.45. The molecule has 2 N–H and O–H groups in total. The summed E-state index contributed by atoms with van der Waals surface area (Å²) < 4.78 is 26.2. The molecular weight excluding hydrogens is 310 g/mol. The summed E-state index contributed by atoms with van der Waals surface area (Å²) in [7, 11) is 0. The van der Waals surface area contributed by atoms with Crippen molar-refractivity contribution < 1.29 is 8.78 Å². The molecule has 0 spiro atoms. The van der Waals surface area contributed by atoms with Crippen LogP contribution in [0.4, 0.5) is 26.2 Å². The van der Waals surface area contributed by atoms with E-state index in [4.69, 9.17) is 0 Å². The van der Waals surface area contributed by atoms with Crippen molar-refractivity contribution in [2.24, 2.45) is 0 Å². The van der Waals surface area contributed by atoms with Crippen molar-refractivity contribution in [3.8, 4) is 0 Å². The Morgan fingerprint density at radius 1 is 0.917 bits per heavy atom. The third kappa shape index (κ3) is 4.25. The predicted molar refractivity (Wildman–Crippen MR) is 90.2 cm³/mol. The molecular formula is C18H16F2N4. The second-order valence-electron chi connectivity index (χ2n) is 5.33. The van der Waals surface area contributed by atoms with Crippen LogP contribution >= 0.6 is 0 Å². The fraction of sp³-hybridized carbons (Fsp3) is 0.111. The van der Waals surface area contributed by atoms with Gasteiger partial charge in [0.25, 0.3) is 0 Å². The van der Waals surface area contributed by atoms with Crippen molar-refractivity contribution in [3.63, 3.8) is 0 Å². The van der Waals surface area contributed by atoms with Crippen LogP contribution in [0.3, 0.4) is 0 Å². The third-order valence-corrected chi connectivity index (χ3v) is 3.32. The summed E-state index contributed by atoms with van der Waals surface area (Å²) in [6.07, 6.45) is 0. The van der Waals surface area contributed by atoms with Crippen molar-refractivity contribution in [1.29, 1.82) is 0 Å². The summed E-state index contributed by atoms with van der Waals surface area (Å²) >= 11 is 0. The standard InChI is InChI=1S/C18H16F2N4/c1-12-9-17(21-11-13-5-7-14(19)8-6-13)24-18(22-12)23-16-4-2-3-15(20)10-16/h2-10H,11H2,1H3,(H2,21,22,23,24). The molecule has 6 heteroatoms. The van der Waals surface area contributed by atoms with Crippen LogP contribution < -0.4 is 10.6 Å². The van der Waals surface area contributed by atoms with E-state index in [1.54, 1.807) is 30.3 Å². The number of rotatable bonds is 5. The lowest BCUT2D eigenvalue weighted by molar-refractivity contribution is 0.627. The van der Waals surface area contributed by atoms with Crippen LogP contribution in [0.25, 0.3) is 0 Å². The van der Waals surface area contributed by atoms with Gasteiger partial charge in [0.2, 0.25) is 5.95 Å². The summed E-state index contributed by atoms with van der Waals surface area (Å²) in [5, 5.41) is 6.15. The Kier molecular flexibility index (Phi) is 4.65. The van der Waals surface area contributed by atoms with Crippen molar-refractivity contribution in [3.05, 3.63) is 77.5 Å². The average molecular weight is 326 g/mol. The predicted octanol–water partition coefficient (Wildman–Crippen LogP) is 4.42. The Hall–Kier alpha value is -3.02. The minimum Gasteiger partial charge on any atom is -0.366 e. The number of hydrogen-bond donors (Lipinski definition) is 2. The summed E-state index contributed by atoms with van der Waals surface area (Å²) in [5.41, 5.74) is 2.28. The van der Waals surface area contributed by atoms with Gasteiger partial charge >= 0.3 is 0 Å². The minimum absolute atomic E-state index is 0.266. The third-order valence-electron chi connectivity index (χ3n) is 3.32. The van der Waals surface area contributed by atoms with Crippen LogP contribution in [-0.4, -0.2) is 9.97 Å². The molecule has 0 saturated carbocycles. The molecule has 0 aliphatic carbocycles. The summed E-state index contributed by atoms with van der Waals surface area (Å²) in [5.74, 6) is 0.411. The van der Waals surface area contributed by atoms with Crippen LogP contribution in [0, 0.1) is 18.6 Å². The van der Waals surface area contributed by atoms with Crippen LogP contribution in [0.2, 0.25) is 0 Å². The second-order valence-corrected chi connectivity index (χ2v) is 5.33. The summed E-state index contributed by atoms with van der Waals surface area (Å²) in [4.78, 5) is 8.65. The highest BCUT2D eigenvalue weighted by Crippen LogP contribution is 2.17. The van der Waals surface area contributed by atoms with E-state index in [2.05, 4.69) is 20.6 Å². The van der Waals surface area contributed by atoms with E-state index in [1.807, 2.05) is 6.92 Å². The molecule has 0 fully saturated rings. The highest BCUT2D eigenvalue weighted by Gasteiger charge is 2.04. The topological polar surface area (TPSA) is 49.8 Å². The van der Waals surface area contributed by atoms with Crippen LogP contribution in [-0.2, 0) is 6.54 Å². The molecule has 3 aromatic rings. The maximum Gasteiger partial charge on any atom is 0.229 e. The Labute approximate surface area is 138 Å². The van der Waals surface area contributed by atoms with Gasteiger partial charge in [0.1, 0.15) is 17.5 Å². The first-order chi connectivity index (χ1) is 11.6. The number of nitrogens with one attached hydrogen (secondary N) is 2. The molecule has 1 heterocycles. The fourth-order valence-electron chi connectivity index (χ4n) is 2.21. The Morgan fingerprint density at radius 3 is 2.46 bits per heavy atom. The number of benzene rings is 2. The Bertz CT molecular complexity index is 835. The number of aryl methyl sites for hydroxylation is 1. The summed E-state index contributed by atoms with van der Waals surface area (Å²) in [6.45, 7) is 2.36. The summed E-state index contributed by atoms with van der Waals surface area (Å²) in [6, 6.07) is 14.2. The normalized spacial score (nSPS) is 10.5. The van der Waals surface area contributed by atoms with Crippen molar-refractivity contribution in [2.75, 3.05) is 10.6 Å². The quantitative estimate of drug-likeness (QED) is 0.729. The highest BCUT2D eigenvalue weighted by molar-refractivity contribution is 5.55. The lowest BCUT2D eigenvalue weighted by atomic mass is 10.2. The van der Waals surface area contributed by atoms with E-state index < -0.39 is 0 Å². The zero-order valence-electron chi connectivity index (χ0n) is 13.1. The van der Waals surface area contributed by atoms with E-state index >= 15 is 0 Å². The molecule has 0 aliphatic rings. The largest absolute Gasteiger partial charge is 0.366 e. The van der Waals surface area contributed by atoms with Crippen LogP contribution in [0.1, 0.15) is 11.3 Å². The maximum absolute atomic E-state index is 13.2. The van der Waals surface area contributed by atoms with E-state index in [0.717, 1.165) is 11.3 Å². The molecule has 4 nitrogen and oxygen atoms in total. The van der Waals surface area contributed by atoms with Gasteiger partial charge in [-0.1, -0.05) is 18.2 Å². The Morgan fingerprint density at radius 2 is 1.71 bits per heavy atom. The molecule has 122 valence electrons. The number of halogens is 2. The van der Waals surface area contributed by atoms with Gasteiger partial charge in [0, 0.05) is 24.0 Å². The molecule has 2 aromatic carbocycles. The zero-order chi connectivity index (χ0) is 16.9. The van der Waals surface area contributed by atoms with Crippen LogP contribution in [0.15, 0.2) is 54.6 Å². The first-order valence-corrected chi connectivity index (χ1v) is 7.45. The van der Waals surface area contributed by atoms with Gasteiger partial charge < -0.3 is 10.6 Å². The van der Waals surface area contributed by atoms with Gasteiger partial charge in [-0.2, -0.15) is 4.98 Å². The molecule has 0 aliphatic heterocycles. The SMILES string of the molecule is Cc1cc(NCc2ccc(F)cc2)nc(Nc2cccc(F)c2)n1. The molecule has 0 saturated heterocycles. The number of nitrogens with zero attached hydrogens (tertiary/aromatic N) is 2. The number of aromatic nitrogens is 2. The number of anilines is 3. The van der Waals surface area contributed by atoms with E-state index in [-0.39, 0.29) is 11.6 Å². The average Bonchev–Trinajstić information content (AvgIpc) is 2.54. The van der Waals surface area contributed by atoms with Gasteiger partial charge in [-0.3, -0.25) is 0 Å². The molecule has 0 bridgehead atoms. The van der Waals surface area contributed by atoms with Crippen molar-refractivity contribution in [2.45, 2.75) is 13.5 Å². The fourth-order valence-corrected chi connectivity index (χ4v) is 2.21. The molecule has 0 amide bonds. The van der Waals surface area contributed by atoms with Crippen LogP contribution in [0.5, 0.6) is 0 Å². The van der Waals surface area contributed by atoms with Crippen molar-refractivity contribution >= 4 is 17.5 Å². The van der Waals surface area contributed by atoms with Gasteiger partial charge in [-0.25, -0.2) is 13.8 Å². The maximum atomic E-state index is 13.2. The molecule has 0 unspecified atom stereocenters. The Balaban J connectivity index is 1.72. The van der Waals surface area contributed by atoms with Gasteiger partial charge in [-0.15, -0.1) is 0 Å². The highest BCUT2D eigenvalue weighted by atomic mass is 19.1. The second kappa shape index (κ2) is 7.04.